The fraction of sp³-hybridized carbons (Fsp3) is 0.125. The van der Waals surface area contributed by atoms with Crippen molar-refractivity contribution in [2.24, 2.45) is 5.16 Å². The lowest BCUT2D eigenvalue weighted by Gasteiger charge is -2.12. The van der Waals surface area contributed by atoms with Crippen LogP contribution in [0.4, 0.5) is 0 Å². The molecule has 2 rings (SSSR count). The summed E-state index contributed by atoms with van der Waals surface area (Å²) in [4.78, 5) is 15.9. The van der Waals surface area contributed by atoms with Gasteiger partial charge in [-0.05, 0) is 23.8 Å². The van der Waals surface area contributed by atoms with Crippen LogP contribution in [0.1, 0.15) is 11.1 Å². The van der Waals surface area contributed by atoms with Gasteiger partial charge in [0.25, 0.3) is 0 Å². The van der Waals surface area contributed by atoms with Gasteiger partial charge in [-0.25, -0.2) is 4.79 Å². The Kier molecular flexibility index (Phi) is 5.84. The van der Waals surface area contributed by atoms with Crippen LogP contribution in [-0.2, 0) is 16.2 Å². The first-order valence-corrected chi connectivity index (χ1v) is 7.29. The summed E-state index contributed by atoms with van der Waals surface area (Å²) < 4.78 is 5.65. The Morgan fingerprint density at radius 3 is 2.61 bits per heavy atom. The van der Waals surface area contributed by atoms with E-state index >= 15 is 0 Å². The Morgan fingerprint density at radius 1 is 1.22 bits per heavy atom. The van der Waals surface area contributed by atoms with Gasteiger partial charge in [-0.15, -0.1) is 0 Å². The third kappa shape index (κ3) is 4.37. The Bertz CT molecular complexity index is 747. The molecule has 0 amide bonds. The molecule has 0 saturated carbocycles. The van der Waals surface area contributed by atoms with Gasteiger partial charge in [0, 0.05) is 10.6 Å². The van der Waals surface area contributed by atoms with E-state index in [2.05, 4.69) is 9.99 Å². The number of halogens is 2. The lowest BCUT2D eigenvalue weighted by atomic mass is 10.0. The fourth-order valence-corrected chi connectivity index (χ4v) is 2.38. The second-order valence-electron chi connectivity index (χ2n) is 4.45. The highest BCUT2D eigenvalue weighted by Crippen LogP contribution is 2.28. The van der Waals surface area contributed by atoms with Gasteiger partial charge in [0.15, 0.2) is 5.71 Å². The minimum absolute atomic E-state index is 0.119. The molecular formula is C16H13Cl2NO4. The summed E-state index contributed by atoms with van der Waals surface area (Å²) in [6.45, 7) is 0.119. The molecule has 0 aliphatic rings. The molecule has 0 spiro atoms. The predicted molar refractivity (Wildman–Crippen MR) is 88.4 cm³/mol. The summed E-state index contributed by atoms with van der Waals surface area (Å²) in [5.74, 6) is -0.741. The first-order chi connectivity index (χ1) is 11.0. The lowest BCUT2D eigenvalue weighted by Crippen LogP contribution is -2.17. The maximum Gasteiger partial charge on any atom is 0.358 e. The molecule has 5 nitrogen and oxygen atoms in total. The monoisotopic (exact) mass is 353 g/mol. The van der Waals surface area contributed by atoms with Crippen molar-refractivity contribution in [1.82, 2.24) is 0 Å². The third-order valence-corrected chi connectivity index (χ3v) is 3.47. The van der Waals surface area contributed by atoms with E-state index in [1.54, 1.807) is 42.5 Å². The van der Waals surface area contributed by atoms with Gasteiger partial charge in [0.05, 0.1) is 5.02 Å². The minimum atomic E-state index is -1.19. The molecule has 0 unspecified atom stereocenters. The highest BCUT2D eigenvalue weighted by molar-refractivity contribution is 6.42. The van der Waals surface area contributed by atoms with Crippen molar-refractivity contribution in [1.29, 1.82) is 0 Å². The lowest BCUT2D eigenvalue weighted by molar-refractivity contribution is -0.129. The molecule has 0 aliphatic heterocycles. The van der Waals surface area contributed by atoms with Crippen LogP contribution < -0.4 is 4.74 Å². The smallest absolute Gasteiger partial charge is 0.358 e. The average Bonchev–Trinajstić information content (AvgIpc) is 2.52. The highest BCUT2D eigenvalue weighted by atomic mass is 35.5. The molecule has 0 saturated heterocycles. The Balaban J connectivity index is 2.27. The number of hydrogen-bond donors (Lipinski definition) is 1. The molecule has 0 heterocycles. The number of hydrogen-bond acceptors (Lipinski definition) is 4. The standard InChI is InChI=1S/C16H13Cl2NO4/c1-22-19-15(16(20)21)12-5-3-2-4-10(12)9-23-14-7-6-11(17)8-13(14)18/h2-8H,9H2,1H3,(H,20,21). The SMILES string of the molecule is CON=C(C(=O)O)c1ccccc1COc1ccc(Cl)cc1Cl. The van der Waals surface area contributed by atoms with E-state index in [9.17, 15) is 9.90 Å². The van der Waals surface area contributed by atoms with Gasteiger partial charge in [-0.3, -0.25) is 0 Å². The maximum absolute atomic E-state index is 11.3. The van der Waals surface area contributed by atoms with Crippen LogP contribution in [0.5, 0.6) is 5.75 Å². The van der Waals surface area contributed by atoms with E-state index in [-0.39, 0.29) is 12.3 Å². The number of rotatable bonds is 6. The summed E-state index contributed by atoms with van der Waals surface area (Å²) in [6.07, 6.45) is 0. The van der Waals surface area contributed by atoms with Crippen molar-refractivity contribution in [3.05, 3.63) is 63.6 Å². The second-order valence-corrected chi connectivity index (χ2v) is 5.29. The van der Waals surface area contributed by atoms with E-state index in [0.29, 0.717) is 26.9 Å². The van der Waals surface area contributed by atoms with E-state index in [4.69, 9.17) is 27.9 Å². The van der Waals surface area contributed by atoms with Gasteiger partial charge in [-0.1, -0.05) is 52.6 Å². The molecule has 120 valence electrons. The number of carbonyl (C=O) groups is 1. The van der Waals surface area contributed by atoms with Crippen molar-refractivity contribution in [3.63, 3.8) is 0 Å². The molecule has 2 aromatic rings. The Labute approximate surface area is 143 Å². The van der Waals surface area contributed by atoms with E-state index < -0.39 is 5.97 Å². The van der Waals surface area contributed by atoms with Gasteiger partial charge < -0.3 is 14.7 Å². The van der Waals surface area contributed by atoms with Crippen LogP contribution in [0, 0.1) is 0 Å². The topological polar surface area (TPSA) is 68.1 Å². The zero-order valence-electron chi connectivity index (χ0n) is 12.1. The van der Waals surface area contributed by atoms with Crippen LogP contribution >= 0.6 is 23.2 Å². The number of carboxylic acids is 1. The number of carboxylic acid groups (broad SMARTS) is 1. The number of benzene rings is 2. The second kappa shape index (κ2) is 7.85. The summed E-state index contributed by atoms with van der Waals surface area (Å²) in [5, 5.41) is 13.7. The largest absolute Gasteiger partial charge is 0.487 e. The zero-order valence-corrected chi connectivity index (χ0v) is 13.6. The van der Waals surface area contributed by atoms with Gasteiger partial charge in [0.1, 0.15) is 19.5 Å². The van der Waals surface area contributed by atoms with E-state index in [0.717, 1.165) is 0 Å². The number of aliphatic carboxylic acids is 1. The number of nitrogens with zero attached hydrogens (tertiary/aromatic N) is 1. The van der Waals surface area contributed by atoms with Crippen molar-refractivity contribution in [3.8, 4) is 5.75 Å². The van der Waals surface area contributed by atoms with Crippen molar-refractivity contribution in [2.75, 3.05) is 7.11 Å². The molecular weight excluding hydrogens is 341 g/mol. The predicted octanol–water partition coefficient (Wildman–Crippen LogP) is 4.01. The summed E-state index contributed by atoms with van der Waals surface area (Å²) in [6, 6.07) is 11.7. The summed E-state index contributed by atoms with van der Waals surface area (Å²) in [7, 11) is 1.29. The van der Waals surface area contributed by atoms with Crippen molar-refractivity contribution < 1.29 is 19.5 Å². The molecule has 0 aliphatic carbocycles. The molecule has 0 fully saturated rings. The Hall–Kier alpha value is -2.24. The molecule has 0 bridgehead atoms. The number of ether oxygens (including phenoxy) is 1. The van der Waals surface area contributed by atoms with E-state index in [1.807, 2.05) is 0 Å². The molecule has 23 heavy (non-hydrogen) atoms. The normalized spacial score (nSPS) is 11.2. The average molecular weight is 354 g/mol. The molecule has 2 aromatic carbocycles. The van der Waals surface area contributed by atoms with Crippen LogP contribution in [0.15, 0.2) is 47.6 Å². The first-order valence-electron chi connectivity index (χ1n) is 6.53. The highest BCUT2D eigenvalue weighted by Gasteiger charge is 2.17. The van der Waals surface area contributed by atoms with Gasteiger partial charge >= 0.3 is 5.97 Å². The molecule has 0 atom stereocenters. The zero-order chi connectivity index (χ0) is 16.8. The molecule has 0 radical (unpaired) electrons. The number of oxime groups is 1. The third-order valence-electron chi connectivity index (χ3n) is 2.93. The van der Waals surface area contributed by atoms with Crippen LogP contribution in [0.3, 0.4) is 0 Å². The molecule has 1 N–H and O–H groups in total. The fourth-order valence-electron chi connectivity index (χ4n) is 1.92. The maximum atomic E-state index is 11.3. The van der Waals surface area contributed by atoms with Crippen LogP contribution in [0.2, 0.25) is 10.0 Å². The van der Waals surface area contributed by atoms with Crippen LogP contribution in [-0.4, -0.2) is 23.9 Å². The van der Waals surface area contributed by atoms with Crippen molar-refractivity contribution in [2.45, 2.75) is 6.61 Å². The van der Waals surface area contributed by atoms with E-state index in [1.165, 1.54) is 7.11 Å². The summed E-state index contributed by atoms with van der Waals surface area (Å²) >= 11 is 11.9. The molecule has 7 heteroatoms. The van der Waals surface area contributed by atoms with Crippen LogP contribution in [0.25, 0.3) is 0 Å². The summed E-state index contributed by atoms with van der Waals surface area (Å²) in [5.41, 5.74) is 0.845. The van der Waals surface area contributed by atoms with Gasteiger partial charge in [-0.2, -0.15) is 0 Å². The Morgan fingerprint density at radius 2 is 1.96 bits per heavy atom. The molecule has 0 aromatic heterocycles. The quantitative estimate of drug-likeness (QED) is 0.629. The van der Waals surface area contributed by atoms with Crippen molar-refractivity contribution >= 4 is 34.9 Å². The van der Waals surface area contributed by atoms with Gasteiger partial charge in [0.2, 0.25) is 0 Å². The first kappa shape index (κ1) is 17.1. The minimum Gasteiger partial charge on any atom is -0.487 e.